The Bertz CT molecular complexity index is 990. The molecule has 1 atom stereocenters. The fraction of sp³-hybridized carbons (Fsp3) is 0.333. The number of carbonyl (C=O) groups excluding carboxylic acids is 2. The SMILES string of the molecule is O=C1[N]C2(CCN(C(=O)c3ccc([N+](=O)[O-])cc3Cl)CC2)NC1Cc1ccccc1. The second-order valence-electron chi connectivity index (χ2n) is 7.58. The van der Waals surface area contributed by atoms with Crippen LogP contribution in [-0.2, 0) is 11.2 Å². The Hall–Kier alpha value is -2.97. The Balaban J connectivity index is 1.39. The van der Waals surface area contributed by atoms with Crippen molar-refractivity contribution < 1.29 is 14.5 Å². The molecule has 2 saturated heterocycles. The van der Waals surface area contributed by atoms with Gasteiger partial charge in [-0.1, -0.05) is 41.9 Å². The second-order valence-corrected chi connectivity index (χ2v) is 7.99. The van der Waals surface area contributed by atoms with E-state index in [1.54, 1.807) is 4.90 Å². The van der Waals surface area contributed by atoms with E-state index in [9.17, 15) is 19.7 Å². The molecule has 1 N–H and O–H groups in total. The molecule has 2 heterocycles. The van der Waals surface area contributed by atoms with Gasteiger partial charge in [-0.3, -0.25) is 25.0 Å². The largest absolute Gasteiger partial charge is 0.338 e. The average molecular weight is 428 g/mol. The van der Waals surface area contributed by atoms with E-state index in [0.29, 0.717) is 32.4 Å². The lowest BCUT2D eigenvalue weighted by molar-refractivity contribution is -0.384. The summed E-state index contributed by atoms with van der Waals surface area (Å²) in [7, 11) is 0. The number of amides is 2. The van der Waals surface area contributed by atoms with Crippen molar-refractivity contribution in [3.05, 3.63) is 74.8 Å². The molecule has 9 heteroatoms. The summed E-state index contributed by atoms with van der Waals surface area (Å²) >= 11 is 6.10. The van der Waals surface area contributed by atoms with Gasteiger partial charge in [0.05, 0.1) is 21.6 Å². The van der Waals surface area contributed by atoms with Crippen molar-refractivity contribution in [2.45, 2.75) is 31.0 Å². The van der Waals surface area contributed by atoms with Crippen molar-refractivity contribution in [1.29, 1.82) is 0 Å². The number of nitro benzene ring substituents is 1. The number of nitro groups is 1. The number of hydrogen-bond acceptors (Lipinski definition) is 5. The molecule has 1 radical (unpaired) electrons. The minimum Gasteiger partial charge on any atom is -0.338 e. The number of nitrogens with one attached hydrogen (secondary N) is 1. The number of carbonyl (C=O) groups is 2. The van der Waals surface area contributed by atoms with Crippen molar-refractivity contribution in [3.8, 4) is 0 Å². The van der Waals surface area contributed by atoms with Gasteiger partial charge in [0.1, 0.15) is 5.66 Å². The molecule has 0 aliphatic carbocycles. The fourth-order valence-electron chi connectivity index (χ4n) is 3.99. The van der Waals surface area contributed by atoms with Crippen LogP contribution in [0, 0.1) is 10.1 Å². The first kappa shape index (κ1) is 20.3. The third-order valence-electron chi connectivity index (χ3n) is 5.62. The van der Waals surface area contributed by atoms with Crippen LogP contribution in [0.5, 0.6) is 0 Å². The summed E-state index contributed by atoms with van der Waals surface area (Å²) in [6.07, 6.45) is 1.60. The number of nitrogens with zero attached hydrogens (tertiary/aromatic N) is 3. The second kappa shape index (κ2) is 8.04. The summed E-state index contributed by atoms with van der Waals surface area (Å²) in [4.78, 5) is 37.2. The van der Waals surface area contributed by atoms with Gasteiger partial charge >= 0.3 is 0 Å². The fourth-order valence-corrected chi connectivity index (χ4v) is 4.25. The van der Waals surface area contributed by atoms with Crippen molar-refractivity contribution in [2.24, 2.45) is 0 Å². The minimum atomic E-state index is -0.646. The highest BCUT2D eigenvalue weighted by Gasteiger charge is 2.47. The molecule has 0 saturated carbocycles. The van der Waals surface area contributed by atoms with Crippen LogP contribution in [-0.4, -0.2) is 46.4 Å². The molecular weight excluding hydrogens is 408 g/mol. The zero-order chi connectivity index (χ0) is 21.3. The standard InChI is InChI=1S/C21H20ClN4O4/c22-17-13-15(26(29)30)6-7-16(17)20(28)25-10-8-21(9-11-25)23-18(19(27)24-21)12-14-4-2-1-3-5-14/h1-7,13,18,23H,8-12H2. The number of hydrogen-bond donors (Lipinski definition) is 1. The van der Waals surface area contributed by atoms with Crippen LogP contribution in [0.4, 0.5) is 5.69 Å². The van der Waals surface area contributed by atoms with Crippen molar-refractivity contribution in [1.82, 2.24) is 15.5 Å². The van der Waals surface area contributed by atoms with E-state index < -0.39 is 10.6 Å². The minimum absolute atomic E-state index is 0.0521. The first-order valence-corrected chi connectivity index (χ1v) is 10.1. The van der Waals surface area contributed by atoms with E-state index in [-0.39, 0.29) is 34.1 Å². The Labute approximate surface area is 178 Å². The zero-order valence-corrected chi connectivity index (χ0v) is 16.8. The Morgan fingerprint density at radius 1 is 1.23 bits per heavy atom. The number of rotatable bonds is 4. The van der Waals surface area contributed by atoms with Crippen LogP contribution in [0.3, 0.4) is 0 Å². The van der Waals surface area contributed by atoms with Gasteiger partial charge in [-0.2, -0.15) is 0 Å². The highest BCUT2D eigenvalue weighted by Crippen LogP contribution is 2.29. The summed E-state index contributed by atoms with van der Waals surface area (Å²) in [6.45, 7) is 0.821. The lowest BCUT2D eigenvalue weighted by atomic mass is 9.96. The summed E-state index contributed by atoms with van der Waals surface area (Å²) < 4.78 is 0. The molecule has 2 aromatic rings. The number of non-ortho nitro benzene ring substituents is 1. The Kier molecular flexibility index (Phi) is 5.44. The number of benzene rings is 2. The maximum absolute atomic E-state index is 12.8. The lowest BCUT2D eigenvalue weighted by Crippen LogP contribution is -2.56. The average Bonchev–Trinajstić information content (AvgIpc) is 3.03. The summed E-state index contributed by atoms with van der Waals surface area (Å²) in [5.41, 5.74) is 0.488. The van der Waals surface area contributed by atoms with Crippen LogP contribution < -0.4 is 10.6 Å². The van der Waals surface area contributed by atoms with Crippen LogP contribution in [0.2, 0.25) is 5.02 Å². The van der Waals surface area contributed by atoms with E-state index in [1.807, 2.05) is 30.3 Å². The summed E-state index contributed by atoms with van der Waals surface area (Å²) in [5.74, 6) is -0.438. The van der Waals surface area contributed by atoms with E-state index in [0.717, 1.165) is 5.56 Å². The van der Waals surface area contributed by atoms with Gasteiger partial charge in [-0.05, 0) is 18.1 Å². The zero-order valence-electron chi connectivity index (χ0n) is 16.1. The van der Waals surface area contributed by atoms with E-state index >= 15 is 0 Å². The van der Waals surface area contributed by atoms with Crippen LogP contribution in [0.15, 0.2) is 48.5 Å². The van der Waals surface area contributed by atoms with E-state index in [2.05, 4.69) is 10.6 Å². The van der Waals surface area contributed by atoms with Crippen LogP contribution in [0.25, 0.3) is 0 Å². The molecule has 155 valence electrons. The Morgan fingerprint density at radius 2 is 1.93 bits per heavy atom. The topological polar surface area (TPSA) is 107 Å². The molecule has 2 aliphatic rings. The highest BCUT2D eigenvalue weighted by molar-refractivity contribution is 6.34. The Morgan fingerprint density at radius 3 is 2.57 bits per heavy atom. The first-order valence-electron chi connectivity index (χ1n) is 9.68. The first-order chi connectivity index (χ1) is 14.4. The maximum Gasteiger partial charge on any atom is 0.270 e. The number of halogens is 1. The van der Waals surface area contributed by atoms with Gasteiger partial charge in [-0.25, -0.2) is 5.32 Å². The molecule has 2 amide bonds. The van der Waals surface area contributed by atoms with Gasteiger partial charge in [0.25, 0.3) is 17.5 Å². The molecule has 2 aliphatic heterocycles. The molecular formula is C21H20ClN4O4. The predicted molar refractivity (Wildman–Crippen MR) is 110 cm³/mol. The highest BCUT2D eigenvalue weighted by atomic mass is 35.5. The maximum atomic E-state index is 12.8. The summed E-state index contributed by atoms with van der Waals surface area (Å²) in [6, 6.07) is 13.2. The smallest absolute Gasteiger partial charge is 0.270 e. The van der Waals surface area contributed by atoms with Gasteiger partial charge in [0.2, 0.25) is 0 Å². The molecule has 0 aromatic heterocycles. The van der Waals surface area contributed by atoms with Crippen molar-refractivity contribution in [2.75, 3.05) is 13.1 Å². The van der Waals surface area contributed by atoms with Gasteiger partial charge in [-0.15, -0.1) is 0 Å². The monoisotopic (exact) mass is 427 g/mol. The number of likely N-dealkylation sites (tertiary alicyclic amines) is 1. The molecule has 2 aromatic carbocycles. The lowest BCUT2D eigenvalue weighted by Gasteiger charge is -2.38. The molecule has 1 spiro atoms. The predicted octanol–water partition coefficient (Wildman–Crippen LogP) is 2.53. The van der Waals surface area contributed by atoms with Gasteiger partial charge in [0.15, 0.2) is 0 Å². The third-order valence-corrected chi connectivity index (χ3v) is 5.93. The molecule has 30 heavy (non-hydrogen) atoms. The van der Waals surface area contributed by atoms with Crippen LogP contribution in [0.1, 0.15) is 28.8 Å². The van der Waals surface area contributed by atoms with E-state index in [1.165, 1.54) is 18.2 Å². The molecule has 4 rings (SSSR count). The molecule has 0 bridgehead atoms. The van der Waals surface area contributed by atoms with Gasteiger partial charge in [0, 0.05) is 38.1 Å². The summed E-state index contributed by atoms with van der Waals surface area (Å²) in [5, 5.41) is 18.7. The van der Waals surface area contributed by atoms with Crippen LogP contribution >= 0.6 is 11.6 Å². The van der Waals surface area contributed by atoms with E-state index in [4.69, 9.17) is 11.6 Å². The quantitative estimate of drug-likeness (QED) is 0.596. The molecule has 2 fully saturated rings. The van der Waals surface area contributed by atoms with Crippen molar-refractivity contribution >= 4 is 29.1 Å². The molecule has 8 nitrogen and oxygen atoms in total. The normalized spacial score (nSPS) is 20.2. The third kappa shape index (κ3) is 4.01. The van der Waals surface area contributed by atoms with Gasteiger partial charge < -0.3 is 4.90 Å². The number of piperidine rings is 1. The molecule has 1 unspecified atom stereocenters. The van der Waals surface area contributed by atoms with Crippen molar-refractivity contribution in [3.63, 3.8) is 0 Å².